The van der Waals surface area contributed by atoms with Crippen LogP contribution in [0.25, 0.3) is 0 Å². The summed E-state index contributed by atoms with van der Waals surface area (Å²) in [7, 11) is 0. The normalized spacial score (nSPS) is 10.1. The maximum atomic E-state index is 11.8. The monoisotopic (exact) mass is 311 g/mol. The number of amides is 1. The van der Waals surface area contributed by atoms with Crippen LogP contribution in [0.15, 0.2) is 24.3 Å². The van der Waals surface area contributed by atoms with Crippen molar-refractivity contribution in [2.24, 2.45) is 0 Å². The number of hydrogen-bond donors (Lipinski definition) is 2. The summed E-state index contributed by atoms with van der Waals surface area (Å²) in [4.78, 5) is 22.1. The van der Waals surface area contributed by atoms with Crippen molar-refractivity contribution in [3.8, 4) is 5.75 Å². The number of aliphatic carboxylic acids is 1. The fourth-order valence-corrected chi connectivity index (χ4v) is 2.20. The summed E-state index contributed by atoms with van der Waals surface area (Å²) in [5, 5.41) is 11.3. The highest BCUT2D eigenvalue weighted by Crippen LogP contribution is 2.14. The van der Waals surface area contributed by atoms with Gasteiger partial charge in [0.1, 0.15) is 5.75 Å². The van der Waals surface area contributed by atoms with Crippen molar-refractivity contribution in [1.82, 2.24) is 5.32 Å². The van der Waals surface area contributed by atoms with E-state index in [9.17, 15) is 9.59 Å². The third-order valence-corrected chi connectivity index (χ3v) is 3.47. The van der Waals surface area contributed by atoms with Crippen molar-refractivity contribution in [1.29, 1.82) is 0 Å². The number of thioether (sulfide) groups is 1. The molecule has 1 rings (SSSR count). The molecule has 0 aromatic heterocycles. The molecule has 0 bridgehead atoms. The Morgan fingerprint density at radius 2 is 2.19 bits per heavy atom. The molecule has 1 amide bonds. The summed E-state index contributed by atoms with van der Waals surface area (Å²) in [5.41, 5.74) is 0.902. The van der Waals surface area contributed by atoms with Crippen molar-refractivity contribution in [2.75, 3.05) is 24.7 Å². The lowest BCUT2D eigenvalue weighted by Crippen LogP contribution is -2.27. The minimum absolute atomic E-state index is 0.0622. The summed E-state index contributed by atoms with van der Waals surface area (Å²) in [6.45, 7) is 3.18. The average molecular weight is 311 g/mol. The number of rotatable bonds is 10. The Labute approximate surface area is 129 Å². The second-order valence-electron chi connectivity index (χ2n) is 4.47. The zero-order valence-corrected chi connectivity index (χ0v) is 12.9. The van der Waals surface area contributed by atoms with Crippen LogP contribution < -0.4 is 10.1 Å². The lowest BCUT2D eigenvalue weighted by Gasteiger charge is -2.08. The Kier molecular flexibility index (Phi) is 8.35. The van der Waals surface area contributed by atoms with Gasteiger partial charge in [0, 0.05) is 12.3 Å². The molecule has 6 heteroatoms. The van der Waals surface area contributed by atoms with Crippen LogP contribution in [0.5, 0.6) is 5.75 Å². The molecular formula is C15H21NO4S. The lowest BCUT2D eigenvalue weighted by molar-refractivity contribution is -0.133. The Morgan fingerprint density at radius 1 is 1.38 bits per heavy atom. The predicted molar refractivity (Wildman–Crippen MR) is 83.9 cm³/mol. The fourth-order valence-electron chi connectivity index (χ4n) is 1.64. The smallest absolute Gasteiger partial charge is 0.313 e. The molecule has 0 fully saturated rings. The maximum absolute atomic E-state index is 11.8. The number of carboxylic acid groups (broad SMARTS) is 1. The maximum Gasteiger partial charge on any atom is 0.313 e. The first-order chi connectivity index (χ1) is 10.1. The minimum Gasteiger partial charge on any atom is -0.494 e. The Hall–Kier alpha value is -1.69. The number of carbonyl (C=O) groups excluding carboxylic acids is 1. The number of benzene rings is 1. The van der Waals surface area contributed by atoms with Gasteiger partial charge in [-0.15, -0.1) is 11.8 Å². The fraction of sp³-hybridized carbons (Fsp3) is 0.467. The summed E-state index contributed by atoms with van der Waals surface area (Å²) < 4.78 is 5.52. The first kappa shape index (κ1) is 17.4. The van der Waals surface area contributed by atoms with E-state index >= 15 is 0 Å². The van der Waals surface area contributed by atoms with Gasteiger partial charge in [0.05, 0.1) is 18.8 Å². The van der Waals surface area contributed by atoms with E-state index in [1.54, 1.807) is 0 Å². The van der Waals surface area contributed by atoms with Gasteiger partial charge in [-0.2, -0.15) is 0 Å². The quantitative estimate of drug-likeness (QED) is 0.646. The summed E-state index contributed by atoms with van der Waals surface area (Å²) in [6, 6.07) is 7.50. The van der Waals surface area contributed by atoms with Gasteiger partial charge in [-0.05, 0) is 24.1 Å². The lowest BCUT2D eigenvalue weighted by atomic mass is 10.1. The van der Waals surface area contributed by atoms with Crippen LogP contribution in [0.3, 0.4) is 0 Å². The largest absolute Gasteiger partial charge is 0.494 e. The summed E-state index contributed by atoms with van der Waals surface area (Å²) in [6.07, 6.45) is 1.24. The van der Waals surface area contributed by atoms with Crippen LogP contribution in [-0.4, -0.2) is 41.6 Å². The third-order valence-electron chi connectivity index (χ3n) is 2.53. The van der Waals surface area contributed by atoms with Crippen molar-refractivity contribution < 1.29 is 19.4 Å². The van der Waals surface area contributed by atoms with E-state index in [-0.39, 0.29) is 11.7 Å². The molecule has 21 heavy (non-hydrogen) atoms. The molecule has 0 unspecified atom stereocenters. The molecule has 0 heterocycles. The molecule has 5 nitrogen and oxygen atoms in total. The van der Waals surface area contributed by atoms with E-state index in [2.05, 4.69) is 5.32 Å². The SMILES string of the molecule is CCCOc1cccc(CC(=O)NCCSCC(=O)O)c1. The number of ether oxygens (including phenoxy) is 1. The zero-order valence-electron chi connectivity index (χ0n) is 12.1. The van der Waals surface area contributed by atoms with Gasteiger partial charge in [-0.25, -0.2) is 0 Å². The molecule has 0 atom stereocenters. The van der Waals surface area contributed by atoms with Crippen LogP contribution in [0.4, 0.5) is 0 Å². The molecular weight excluding hydrogens is 290 g/mol. The highest BCUT2D eigenvalue weighted by Gasteiger charge is 2.04. The van der Waals surface area contributed by atoms with Crippen LogP contribution in [0.2, 0.25) is 0 Å². The first-order valence-electron chi connectivity index (χ1n) is 6.89. The molecule has 1 aromatic carbocycles. The predicted octanol–water partition coefficient (Wildman–Crippen LogP) is 1.95. The van der Waals surface area contributed by atoms with Crippen molar-refractivity contribution >= 4 is 23.6 Å². The molecule has 116 valence electrons. The van der Waals surface area contributed by atoms with Gasteiger partial charge in [0.15, 0.2) is 0 Å². The molecule has 0 saturated carbocycles. The summed E-state index contributed by atoms with van der Waals surface area (Å²) in [5.74, 6) is 0.526. The standard InChI is InChI=1S/C15H21NO4S/c1-2-7-20-13-5-3-4-12(9-13)10-14(17)16-6-8-21-11-15(18)19/h3-5,9H,2,6-8,10-11H2,1H3,(H,16,17)(H,18,19). The highest BCUT2D eigenvalue weighted by atomic mass is 32.2. The number of hydrogen-bond acceptors (Lipinski definition) is 4. The first-order valence-corrected chi connectivity index (χ1v) is 8.05. The van der Waals surface area contributed by atoms with E-state index in [1.807, 2.05) is 31.2 Å². The van der Waals surface area contributed by atoms with Gasteiger partial charge in [-0.1, -0.05) is 19.1 Å². The molecule has 0 aliphatic rings. The third kappa shape index (κ3) is 8.24. The van der Waals surface area contributed by atoms with E-state index < -0.39 is 5.97 Å². The van der Waals surface area contributed by atoms with Crippen molar-refractivity contribution in [3.63, 3.8) is 0 Å². The molecule has 2 N–H and O–H groups in total. The number of carbonyl (C=O) groups is 2. The van der Waals surface area contributed by atoms with Gasteiger partial charge in [-0.3, -0.25) is 9.59 Å². The van der Waals surface area contributed by atoms with E-state index in [4.69, 9.17) is 9.84 Å². The molecule has 0 aliphatic heterocycles. The minimum atomic E-state index is -0.838. The van der Waals surface area contributed by atoms with Crippen molar-refractivity contribution in [2.45, 2.75) is 19.8 Å². The van der Waals surface area contributed by atoms with Crippen LogP contribution in [-0.2, 0) is 16.0 Å². The number of carboxylic acids is 1. The second-order valence-corrected chi connectivity index (χ2v) is 5.57. The van der Waals surface area contributed by atoms with Gasteiger partial charge >= 0.3 is 5.97 Å². The highest BCUT2D eigenvalue weighted by molar-refractivity contribution is 7.99. The molecule has 0 aliphatic carbocycles. The van der Waals surface area contributed by atoms with Gasteiger partial charge in [0.25, 0.3) is 0 Å². The molecule has 0 radical (unpaired) electrons. The Balaban J connectivity index is 2.28. The Bertz CT molecular complexity index is 465. The summed E-state index contributed by atoms with van der Waals surface area (Å²) >= 11 is 1.29. The van der Waals surface area contributed by atoms with E-state index in [0.717, 1.165) is 17.7 Å². The molecule has 0 saturated heterocycles. The van der Waals surface area contributed by atoms with Gasteiger partial charge in [0.2, 0.25) is 5.91 Å². The van der Waals surface area contributed by atoms with E-state index in [0.29, 0.717) is 25.3 Å². The molecule has 0 spiro atoms. The van der Waals surface area contributed by atoms with Gasteiger partial charge < -0.3 is 15.2 Å². The van der Waals surface area contributed by atoms with Crippen LogP contribution in [0, 0.1) is 0 Å². The van der Waals surface area contributed by atoms with E-state index in [1.165, 1.54) is 11.8 Å². The second kappa shape index (κ2) is 10.1. The zero-order chi connectivity index (χ0) is 15.5. The van der Waals surface area contributed by atoms with Crippen LogP contribution in [0.1, 0.15) is 18.9 Å². The Morgan fingerprint density at radius 3 is 2.90 bits per heavy atom. The van der Waals surface area contributed by atoms with Crippen molar-refractivity contribution in [3.05, 3.63) is 29.8 Å². The van der Waals surface area contributed by atoms with Crippen LogP contribution >= 0.6 is 11.8 Å². The average Bonchev–Trinajstić information content (AvgIpc) is 2.45. The molecule has 1 aromatic rings. The topological polar surface area (TPSA) is 75.6 Å². The number of nitrogens with one attached hydrogen (secondary N) is 1.